The van der Waals surface area contributed by atoms with E-state index in [9.17, 15) is 9.59 Å². The highest BCUT2D eigenvalue weighted by Crippen LogP contribution is 2.37. The molecule has 0 aliphatic carbocycles. The Hall–Kier alpha value is -3.13. The van der Waals surface area contributed by atoms with E-state index in [2.05, 4.69) is 10.3 Å². The molecule has 1 N–H and O–H groups in total. The Morgan fingerprint density at radius 2 is 1.83 bits per heavy atom. The second-order valence-corrected chi connectivity index (χ2v) is 7.44. The van der Waals surface area contributed by atoms with Gasteiger partial charge in [0.05, 0.1) is 16.8 Å². The highest BCUT2D eigenvalue weighted by molar-refractivity contribution is 7.22. The predicted octanol–water partition coefficient (Wildman–Crippen LogP) is 4.07. The lowest BCUT2D eigenvalue weighted by atomic mass is 10.1. The molecule has 0 saturated heterocycles. The number of amides is 1. The average molecular weight is 412 g/mol. The SMILES string of the molecule is CCOc1ccc(C(=O)CCC(=O)Nc2nc3cc4c(cc3s2)OCCO4)cc1. The summed E-state index contributed by atoms with van der Waals surface area (Å²) in [7, 11) is 0. The number of nitrogens with one attached hydrogen (secondary N) is 1. The minimum Gasteiger partial charge on any atom is -0.494 e. The first-order valence-electron chi connectivity index (χ1n) is 9.38. The van der Waals surface area contributed by atoms with Gasteiger partial charge in [-0.05, 0) is 31.2 Å². The standard InChI is InChI=1S/C21H20N2O5S/c1-2-26-14-5-3-13(4-6-14)16(24)7-8-20(25)23-21-22-15-11-17-18(12-19(15)29-21)28-10-9-27-17/h3-6,11-12H,2,7-10H2,1H3,(H,22,23,25). The van der Waals surface area contributed by atoms with Crippen LogP contribution in [0, 0.1) is 0 Å². The van der Waals surface area contributed by atoms with Crippen LogP contribution in [0.5, 0.6) is 17.2 Å². The van der Waals surface area contributed by atoms with Gasteiger partial charge in [0, 0.05) is 30.5 Å². The van der Waals surface area contributed by atoms with E-state index in [-0.39, 0.29) is 24.5 Å². The lowest BCUT2D eigenvalue weighted by Gasteiger charge is -2.17. The Morgan fingerprint density at radius 3 is 2.55 bits per heavy atom. The van der Waals surface area contributed by atoms with Crippen molar-refractivity contribution < 1.29 is 23.8 Å². The van der Waals surface area contributed by atoms with Crippen molar-refractivity contribution in [2.45, 2.75) is 19.8 Å². The number of ether oxygens (including phenoxy) is 3. The van der Waals surface area contributed by atoms with Gasteiger partial charge in [-0.3, -0.25) is 9.59 Å². The van der Waals surface area contributed by atoms with Crippen molar-refractivity contribution in [3.05, 3.63) is 42.0 Å². The molecule has 1 aromatic heterocycles. The van der Waals surface area contributed by atoms with Gasteiger partial charge in [0.1, 0.15) is 19.0 Å². The fourth-order valence-corrected chi connectivity index (χ4v) is 3.87. The Morgan fingerprint density at radius 1 is 1.10 bits per heavy atom. The van der Waals surface area contributed by atoms with Crippen molar-refractivity contribution in [1.82, 2.24) is 4.98 Å². The van der Waals surface area contributed by atoms with E-state index < -0.39 is 0 Å². The summed E-state index contributed by atoms with van der Waals surface area (Å²) < 4.78 is 17.4. The molecule has 2 heterocycles. The molecule has 7 nitrogen and oxygen atoms in total. The molecule has 29 heavy (non-hydrogen) atoms. The molecular weight excluding hydrogens is 392 g/mol. The molecule has 8 heteroatoms. The van der Waals surface area contributed by atoms with Gasteiger partial charge >= 0.3 is 0 Å². The number of hydrogen-bond acceptors (Lipinski definition) is 7. The lowest BCUT2D eigenvalue weighted by Crippen LogP contribution is -2.15. The molecule has 2 aromatic carbocycles. The van der Waals surface area contributed by atoms with Crippen LogP contribution in [-0.4, -0.2) is 36.5 Å². The van der Waals surface area contributed by atoms with Crippen LogP contribution >= 0.6 is 11.3 Å². The van der Waals surface area contributed by atoms with Gasteiger partial charge < -0.3 is 19.5 Å². The molecule has 0 bridgehead atoms. The fraction of sp³-hybridized carbons (Fsp3) is 0.286. The molecule has 1 aliphatic rings. The third-order valence-corrected chi connectivity index (χ3v) is 5.30. The van der Waals surface area contributed by atoms with Crippen molar-refractivity contribution in [3.63, 3.8) is 0 Å². The van der Waals surface area contributed by atoms with Crippen molar-refractivity contribution in [2.24, 2.45) is 0 Å². The van der Waals surface area contributed by atoms with Crippen LogP contribution in [-0.2, 0) is 4.79 Å². The lowest BCUT2D eigenvalue weighted by molar-refractivity contribution is -0.116. The van der Waals surface area contributed by atoms with Gasteiger partial charge in [0.25, 0.3) is 0 Å². The number of nitrogens with zero attached hydrogens (tertiary/aromatic N) is 1. The van der Waals surface area contributed by atoms with Crippen LogP contribution in [0.4, 0.5) is 5.13 Å². The second-order valence-electron chi connectivity index (χ2n) is 6.41. The second kappa shape index (κ2) is 8.48. The van der Waals surface area contributed by atoms with Gasteiger partial charge in [-0.15, -0.1) is 0 Å². The van der Waals surface area contributed by atoms with Crippen molar-refractivity contribution in [1.29, 1.82) is 0 Å². The van der Waals surface area contributed by atoms with E-state index in [0.717, 1.165) is 16.0 Å². The Bertz CT molecular complexity index is 1000. The number of carbonyl (C=O) groups is 2. The zero-order valence-electron chi connectivity index (χ0n) is 15.9. The molecule has 150 valence electrons. The number of fused-ring (bicyclic) bond motifs is 2. The third-order valence-electron chi connectivity index (χ3n) is 4.37. The number of anilines is 1. The molecule has 1 aliphatic heterocycles. The monoisotopic (exact) mass is 412 g/mol. The first-order chi connectivity index (χ1) is 14.1. The minimum atomic E-state index is -0.249. The number of carbonyl (C=O) groups excluding carboxylic acids is 2. The molecule has 4 rings (SSSR count). The fourth-order valence-electron chi connectivity index (χ4n) is 2.98. The van der Waals surface area contributed by atoms with Crippen molar-refractivity contribution in [3.8, 4) is 17.2 Å². The summed E-state index contributed by atoms with van der Waals surface area (Å²) in [4.78, 5) is 29.0. The van der Waals surface area contributed by atoms with E-state index in [1.807, 2.05) is 19.1 Å². The van der Waals surface area contributed by atoms with Gasteiger partial charge in [0.2, 0.25) is 5.91 Å². The topological polar surface area (TPSA) is 86.8 Å². The summed E-state index contributed by atoms with van der Waals surface area (Å²) in [6.45, 7) is 3.50. The van der Waals surface area contributed by atoms with E-state index in [1.165, 1.54) is 11.3 Å². The van der Waals surface area contributed by atoms with Crippen LogP contribution in [0.25, 0.3) is 10.2 Å². The maximum absolute atomic E-state index is 12.3. The number of rotatable bonds is 7. The molecule has 1 amide bonds. The van der Waals surface area contributed by atoms with Crippen LogP contribution < -0.4 is 19.5 Å². The van der Waals surface area contributed by atoms with Crippen LogP contribution in [0.1, 0.15) is 30.1 Å². The molecular formula is C21H20N2O5S. The molecule has 0 fully saturated rings. The van der Waals surface area contributed by atoms with Crippen LogP contribution in [0.3, 0.4) is 0 Å². The number of Topliss-reactive ketones (excluding diaryl/α,β-unsaturated/α-hetero) is 1. The summed E-state index contributed by atoms with van der Waals surface area (Å²) in [5.41, 5.74) is 1.30. The first kappa shape index (κ1) is 19.2. The average Bonchev–Trinajstić information content (AvgIpc) is 3.11. The molecule has 0 saturated carbocycles. The molecule has 0 radical (unpaired) electrons. The maximum Gasteiger partial charge on any atom is 0.226 e. The molecule has 0 spiro atoms. The summed E-state index contributed by atoms with van der Waals surface area (Å²) in [5.74, 6) is 1.73. The van der Waals surface area contributed by atoms with Crippen molar-refractivity contribution >= 4 is 38.4 Å². The zero-order valence-corrected chi connectivity index (χ0v) is 16.7. The molecule has 3 aromatic rings. The predicted molar refractivity (Wildman–Crippen MR) is 110 cm³/mol. The van der Waals surface area contributed by atoms with Gasteiger partial charge in [-0.25, -0.2) is 4.98 Å². The molecule has 0 unspecified atom stereocenters. The summed E-state index contributed by atoms with van der Waals surface area (Å²) in [6.07, 6.45) is 0.214. The Labute approximate surface area is 171 Å². The Kier molecular flexibility index (Phi) is 5.62. The van der Waals surface area contributed by atoms with E-state index >= 15 is 0 Å². The number of hydrogen-bond donors (Lipinski definition) is 1. The van der Waals surface area contributed by atoms with Gasteiger partial charge in [-0.2, -0.15) is 0 Å². The maximum atomic E-state index is 12.3. The van der Waals surface area contributed by atoms with E-state index in [4.69, 9.17) is 14.2 Å². The zero-order chi connectivity index (χ0) is 20.2. The highest BCUT2D eigenvalue weighted by Gasteiger charge is 2.16. The Balaban J connectivity index is 1.35. The van der Waals surface area contributed by atoms with E-state index in [1.54, 1.807) is 24.3 Å². The summed E-state index contributed by atoms with van der Waals surface area (Å²) >= 11 is 1.36. The van der Waals surface area contributed by atoms with Gasteiger partial charge in [0.15, 0.2) is 22.4 Å². The highest BCUT2D eigenvalue weighted by atomic mass is 32.1. The molecule has 0 atom stereocenters. The number of benzene rings is 2. The number of thiazole rings is 1. The number of ketones is 1. The normalized spacial score (nSPS) is 12.6. The van der Waals surface area contributed by atoms with Crippen molar-refractivity contribution in [2.75, 3.05) is 25.1 Å². The summed E-state index contributed by atoms with van der Waals surface area (Å²) in [5, 5.41) is 3.26. The minimum absolute atomic E-state index is 0.0880. The smallest absolute Gasteiger partial charge is 0.226 e. The largest absolute Gasteiger partial charge is 0.494 e. The number of aromatic nitrogens is 1. The summed E-state index contributed by atoms with van der Waals surface area (Å²) in [6, 6.07) is 10.6. The third kappa shape index (κ3) is 4.48. The van der Waals surface area contributed by atoms with E-state index in [0.29, 0.717) is 42.0 Å². The first-order valence-corrected chi connectivity index (χ1v) is 10.2. The van der Waals surface area contributed by atoms with Gasteiger partial charge in [-0.1, -0.05) is 11.3 Å². The quantitative estimate of drug-likeness (QED) is 0.589. The van der Waals surface area contributed by atoms with Crippen LogP contribution in [0.2, 0.25) is 0 Å². The van der Waals surface area contributed by atoms with Crippen LogP contribution in [0.15, 0.2) is 36.4 Å².